The largest absolute Gasteiger partial charge is 0.383 e. The van der Waals surface area contributed by atoms with Gasteiger partial charge in [0, 0.05) is 11.9 Å². The fourth-order valence-corrected chi connectivity index (χ4v) is 3.90. The molecule has 0 aliphatic heterocycles. The van der Waals surface area contributed by atoms with Gasteiger partial charge >= 0.3 is 0 Å². The maximum Gasteiger partial charge on any atom is 0.262 e. The van der Waals surface area contributed by atoms with Crippen LogP contribution in [0.4, 0.5) is 5.82 Å². The van der Waals surface area contributed by atoms with Crippen LogP contribution in [0.25, 0.3) is 21.8 Å². The Labute approximate surface area is 160 Å². The molecule has 0 saturated heterocycles. The number of thioether (sulfide) groups is 1. The summed E-state index contributed by atoms with van der Waals surface area (Å²) in [6.45, 7) is 2.67. The Morgan fingerprint density at radius 3 is 2.37 bits per heavy atom. The zero-order valence-electron chi connectivity index (χ0n) is 14.9. The minimum absolute atomic E-state index is 0.0103. The third-order valence-corrected chi connectivity index (χ3v) is 5.26. The molecule has 2 N–H and O–H groups in total. The van der Waals surface area contributed by atoms with Crippen molar-refractivity contribution in [3.8, 4) is 0 Å². The highest BCUT2D eigenvalue weighted by Gasteiger charge is 2.12. The molecule has 0 unspecified atom stereocenters. The van der Waals surface area contributed by atoms with Crippen molar-refractivity contribution in [3.05, 3.63) is 64.7 Å². The maximum absolute atomic E-state index is 12.8. The van der Waals surface area contributed by atoms with Crippen molar-refractivity contribution >= 4 is 39.4 Å². The molecule has 136 valence electrons. The third kappa shape index (κ3) is 3.38. The van der Waals surface area contributed by atoms with Crippen LogP contribution in [0.15, 0.2) is 58.5 Å². The zero-order chi connectivity index (χ0) is 18.8. The molecule has 0 radical (unpaired) electrons. The van der Waals surface area contributed by atoms with Crippen LogP contribution in [0, 0.1) is 0 Å². The van der Waals surface area contributed by atoms with Crippen LogP contribution in [0.2, 0.25) is 0 Å². The highest BCUT2D eigenvalue weighted by atomic mass is 32.2. The SMILES string of the molecule is CCCn1c(SCc2nc(N)c3ccccc3n2)nc2ccccc2c1=O. The molecule has 2 aromatic carbocycles. The minimum atomic E-state index is -0.0103. The summed E-state index contributed by atoms with van der Waals surface area (Å²) in [5, 5.41) is 2.16. The summed E-state index contributed by atoms with van der Waals surface area (Å²) >= 11 is 1.46. The maximum atomic E-state index is 12.8. The van der Waals surface area contributed by atoms with Crippen molar-refractivity contribution in [1.82, 2.24) is 19.5 Å². The molecular weight excluding hydrogens is 358 g/mol. The van der Waals surface area contributed by atoms with E-state index in [1.165, 1.54) is 11.8 Å². The second-order valence-corrected chi connectivity index (χ2v) is 7.14. The molecule has 4 aromatic rings. The second kappa shape index (κ2) is 7.36. The molecule has 2 aromatic heterocycles. The number of benzene rings is 2. The lowest BCUT2D eigenvalue weighted by Crippen LogP contribution is -2.23. The first-order chi connectivity index (χ1) is 13.2. The van der Waals surface area contributed by atoms with Crippen molar-refractivity contribution in [2.24, 2.45) is 0 Å². The summed E-state index contributed by atoms with van der Waals surface area (Å²) in [7, 11) is 0. The fourth-order valence-electron chi connectivity index (χ4n) is 3.02. The highest BCUT2D eigenvalue weighted by Crippen LogP contribution is 2.23. The molecule has 0 fully saturated rings. The van der Waals surface area contributed by atoms with E-state index in [0.29, 0.717) is 40.0 Å². The van der Waals surface area contributed by atoms with Crippen LogP contribution < -0.4 is 11.3 Å². The van der Waals surface area contributed by atoms with Gasteiger partial charge < -0.3 is 5.73 Å². The van der Waals surface area contributed by atoms with E-state index in [1.54, 1.807) is 4.57 Å². The predicted molar refractivity (Wildman–Crippen MR) is 110 cm³/mol. The Morgan fingerprint density at radius 1 is 0.963 bits per heavy atom. The van der Waals surface area contributed by atoms with Gasteiger partial charge in [0.25, 0.3) is 5.56 Å². The zero-order valence-corrected chi connectivity index (χ0v) is 15.7. The lowest BCUT2D eigenvalue weighted by atomic mass is 10.2. The summed E-state index contributed by atoms with van der Waals surface area (Å²) in [5.74, 6) is 1.58. The minimum Gasteiger partial charge on any atom is -0.383 e. The lowest BCUT2D eigenvalue weighted by molar-refractivity contribution is 0.584. The van der Waals surface area contributed by atoms with Crippen LogP contribution in [0.5, 0.6) is 0 Å². The number of nitrogen functional groups attached to an aromatic ring is 1. The average Bonchev–Trinajstić information content (AvgIpc) is 2.69. The highest BCUT2D eigenvalue weighted by molar-refractivity contribution is 7.98. The quantitative estimate of drug-likeness (QED) is 0.422. The molecular formula is C20H19N5OS. The molecule has 4 rings (SSSR count). The number of nitrogens with zero attached hydrogens (tertiary/aromatic N) is 4. The van der Waals surface area contributed by atoms with Crippen molar-refractivity contribution in [1.29, 1.82) is 0 Å². The lowest BCUT2D eigenvalue weighted by Gasteiger charge is -2.12. The van der Waals surface area contributed by atoms with E-state index in [9.17, 15) is 4.79 Å². The number of rotatable bonds is 5. The van der Waals surface area contributed by atoms with Gasteiger partial charge in [-0.2, -0.15) is 0 Å². The molecule has 0 spiro atoms. The number of aromatic nitrogens is 4. The standard InChI is InChI=1S/C20H19N5OS/c1-2-11-25-19(26)14-8-4-6-10-16(14)23-20(25)27-12-17-22-15-9-5-3-7-13(15)18(21)24-17/h3-10H,2,11-12H2,1H3,(H2,21,22,24). The van der Waals surface area contributed by atoms with Gasteiger partial charge in [-0.3, -0.25) is 9.36 Å². The monoisotopic (exact) mass is 377 g/mol. The van der Waals surface area contributed by atoms with E-state index in [0.717, 1.165) is 17.3 Å². The Morgan fingerprint density at radius 2 is 1.63 bits per heavy atom. The summed E-state index contributed by atoms with van der Waals surface area (Å²) in [4.78, 5) is 26.5. The number of nitrogens with two attached hydrogens (primary N) is 1. The Bertz CT molecular complexity index is 1190. The van der Waals surface area contributed by atoms with Gasteiger partial charge in [0.05, 0.1) is 22.2 Å². The second-order valence-electron chi connectivity index (χ2n) is 6.20. The van der Waals surface area contributed by atoms with Crippen molar-refractivity contribution in [2.75, 3.05) is 5.73 Å². The van der Waals surface area contributed by atoms with E-state index < -0.39 is 0 Å². The van der Waals surface area contributed by atoms with Gasteiger partial charge in [0.15, 0.2) is 5.16 Å². The van der Waals surface area contributed by atoms with Gasteiger partial charge in [0.2, 0.25) is 0 Å². The van der Waals surface area contributed by atoms with Crippen LogP contribution in [0.1, 0.15) is 19.2 Å². The van der Waals surface area contributed by atoms with E-state index in [2.05, 4.69) is 9.97 Å². The number of hydrogen-bond donors (Lipinski definition) is 1. The smallest absolute Gasteiger partial charge is 0.262 e. The number of hydrogen-bond acceptors (Lipinski definition) is 6. The summed E-state index contributed by atoms with van der Waals surface area (Å²) in [6.07, 6.45) is 0.854. The van der Waals surface area contributed by atoms with Crippen LogP contribution in [0.3, 0.4) is 0 Å². The first kappa shape index (κ1) is 17.5. The molecule has 0 saturated carbocycles. The summed E-state index contributed by atoms with van der Waals surface area (Å²) in [5.41, 5.74) is 7.58. The van der Waals surface area contributed by atoms with Gasteiger partial charge in [0.1, 0.15) is 11.6 Å². The molecule has 0 amide bonds. The first-order valence-corrected chi connectivity index (χ1v) is 9.79. The number of fused-ring (bicyclic) bond motifs is 2. The van der Waals surface area contributed by atoms with Gasteiger partial charge in [-0.1, -0.05) is 43.0 Å². The fraction of sp³-hybridized carbons (Fsp3) is 0.200. The molecule has 27 heavy (non-hydrogen) atoms. The molecule has 0 aliphatic rings. The van der Waals surface area contributed by atoms with E-state index in [4.69, 9.17) is 10.7 Å². The Hall–Kier alpha value is -2.93. The van der Waals surface area contributed by atoms with Crippen LogP contribution in [-0.4, -0.2) is 19.5 Å². The van der Waals surface area contributed by atoms with E-state index in [-0.39, 0.29) is 5.56 Å². The first-order valence-electron chi connectivity index (χ1n) is 8.81. The predicted octanol–water partition coefficient (Wildman–Crippen LogP) is 3.62. The summed E-state index contributed by atoms with van der Waals surface area (Å²) in [6, 6.07) is 15.1. The van der Waals surface area contributed by atoms with Crippen molar-refractivity contribution in [3.63, 3.8) is 0 Å². The van der Waals surface area contributed by atoms with Crippen molar-refractivity contribution < 1.29 is 0 Å². The Kier molecular flexibility index (Phi) is 4.77. The molecule has 7 heteroatoms. The number of anilines is 1. The number of para-hydroxylation sites is 2. The topological polar surface area (TPSA) is 86.7 Å². The molecule has 0 bridgehead atoms. The molecule has 0 aliphatic carbocycles. The summed E-state index contributed by atoms with van der Waals surface area (Å²) < 4.78 is 1.73. The van der Waals surface area contributed by atoms with Crippen molar-refractivity contribution in [2.45, 2.75) is 30.8 Å². The normalized spacial score (nSPS) is 11.3. The van der Waals surface area contributed by atoms with Gasteiger partial charge in [-0.05, 0) is 30.7 Å². The van der Waals surface area contributed by atoms with E-state index in [1.807, 2.05) is 55.5 Å². The Balaban J connectivity index is 1.71. The van der Waals surface area contributed by atoms with Gasteiger partial charge in [-0.15, -0.1) is 0 Å². The van der Waals surface area contributed by atoms with Crippen LogP contribution in [-0.2, 0) is 12.3 Å². The average molecular weight is 377 g/mol. The van der Waals surface area contributed by atoms with Gasteiger partial charge in [-0.25, -0.2) is 15.0 Å². The molecule has 2 heterocycles. The van der Waals surface area contributed by atoms with Crippen LogP contribution >= 0.6 is 11.8 Å². The molecule has 0 atom stereocenters. The molecule has 6 nitrogen and oxygen atoms in total. The third-order valence-electron chi connectivity index (χ3n) is 4.28. The van der Waals surface area contributed by atoms with E-state index >= 15 is 0 Å².